The summed E-state index contributed by atoms with van der Waals surface area (Å²) in [5, 5.41) is 3.99. The number of halogens is 1. The molecular weight excluding hydrogens is 260 g/mol. The van der Waals surface area contributed by atoms with Gasteiger partial charge in [0.25, 0.3) is 0 Å². The van der Waals surface area contributed by atoms with Gasteiger partial charge < -0.3 is 5.32 Å². The lowest BCUT2D eigenvalue weighted by atomic mass is 10.1. The Balaban J connectivity index is 1.84. The van der Waals surface area contributed by atoms with Gasteiger partial charge in [0.1, 0.15) is 5.69 Å². The molecule has 1 fully saturated rings. The van der Waals surface area contributed by atoms with E-state index in [9.17, 15) is 0 Å². The minimum atomic E-state index is 0.628. The van der Waals surface area contributed by atoms with Crippen LogP contribution in [0.15, 0.2) is 18.3 Å². The topological polar surface area (TPSA) is 50.7 Å². The van der Waals surface area contributed by atoms with Crippen molar-refractivity contribution in [1.82, 2.24) is 20.3 Å². The summed E-state index contributed by atoms with van der Waals surface area (Å²) in [7, 11) is 0. The van der Waals surface area contributed by atoms with Crippen LogP contribution in [0.1, 0.15) is 35.7 Å². The molecule has 0 unspecified atom stereocenters. The highest BCUT2D eigenvalue weighted by molar-refractivity contribution is 6.30. The van der Waals surface area contributed by atoms with E-state index in [2.05, 4.69) is 15.3 Å². The van der Waals surface area contributed by atoms with E-state index in [4.69, 9.17) is 16.6 Å². The molecule has 1 aliphatic carbocycles. The van der Waals surface area contributed by atoms with Gasteiger partial charge in [0, 0.05) is 30.8 Å². The van der Waals surface area contributed by atoms with Crippen LogP contribution in [0.3, 0.4) is 0 Å². The van der Waals surface area contributed by atoms with Gasteiger partial charge in [-0.05, 0) is 25.0 Å². The molecule has 1 N–H and O–H groups in total. The summed E-state index contributed by atoms with van der Waals surface area (Å²) in [6.07, 6.45) is 4.14. The first kappa shape index (κ1) is 11.3. The maximum absolute atomic E-state index is 5.87. The van der Waals surface area contributed by atoms with Crippen molar-refractivity contribution in [3.8, 4) is 11.5 Å². The van der Waals surface area contributed by atoms with E-state index < -0.39 is 0 Å². The van der Waals surface area contributed by atoms with Crippen molar-refractivity contribution in [2.45, 2.75) is 31.8 Å². The van der Waals surface area contributed by atoms with Crippen LogP contribution < -0.4 is 5.32 Å². The molecule has 0 atom stereocenters. The van der Waals surface area contributed by atoms with Gasteiger partial charge in [0.15, 0.2) is 5.82 Å². The largest absolute Gasteiger partial charge is 0.307 e. The van der Waals surface area contributed by atoms with Crippen molar-refractivity contribution in [3.05, 3.63) is 40.3 Å². The summed E-state index contributed by atoms with van der Waals surface area (Å²) in [5.41, 5.74) is 4.45. The van der Waals surface area contributed by atoms with Crippen LogP contribution in [0.25, 0.3) is 11.5 Å². The molecule has 19 heavy (non-hydrogen) atoms. The fraction of sp³-hybridized carbons (Fsp3) is 0.357. The number of hydrogen-bond acceptors (Lipinski definition) is 4. The molecule has 2 aliphatic rings. The first-order valence-corrected chi connectivity index (χ1v) is 6.91. The number of nitrogens with one attached hydrogen (secondary N) is 1. The average molecular weight is 273 g/mol. The molecule has 0 amide bonds. The molecule has 0 spiro atoms. The molecule has 4 rings (SSSR count). The molecule has 2 aromatic rings. The van der Waals surface area contributed by atoms with Crippen molar-refractivity contribution in [2.24, 2.45) is 0 Å². The standard InChI is InChI=1S/C14H13ClN4/c15-9-3-4-11(17-5-9)14-18-12-7-16-6-10(12)13(19-14)8-1-2-8/h3-5,8,16H,1-2,6-7H2. The third kappa shape index (κ3) is 2.01. The van der Waals surface area contributed by atoms with Gasteiger partial charge in [0.05, 0.1) is 16.4 Å². The molecule has 2 aromatic heterocycles. The molecule has 0 saturated heterocycles. The lowest BCUT2D eigenvalue weighted by Crippen LogP contribution is -2.03. The van der Waals surface area contributed by atoms with Gasteiger partial charge >= 0.3 is 0 Å². The molecule has 1 saturated carbocycles. The summed E-state index contributed by atoms with van der Waals surface area (Å²) in [4.78, 5) is 13.7. The monoisotopic (exact) mass is 272 g/mol. The minimum Gasteiger partial charge on any atom is -0.307 e. The van der Waals surface area contributed by atoms with Crippen molar-refractivity contribution < 1.29 is 0 Å². The Bertz CT molecular complexity index is 635. The highest BCUT2D eigenvalue weighted by atomic mass is 35.5. The fourth-order valence-corrected chi connectivity index (χ4v) is 2.62. The fourth-order valence-electron chi connectivity index (χ4n) is 2.51. The van der Waals surface area contributed by atoms with E-state index in [1.165, 1.54) is 24.1 Å². The predicted octanol–water partition coefficient (Wildman–Crippen LogP) is 2.67. The van der Waals surface area contributed by atoms with E-state index >= 15 is 0 Å². The van der Waals surface area contributed by atoms with Crippen molar-refractivity contribution in [1.29, 1.82) is 0 Å². The zero-order valence-electron chi connectivity index (χ0n) is 10.4. The normalized spacial score (nSPS) is 17.5. The number of nitrogens with zero attached hydrogens (tertiary/aromatic N) is 3. The summed E-state index contributed by atoms with van der Waals surface area (Å²) < 4.78 is 0. The van der Waals surface area contributed by atoms with Crippen molar-refractivity contribution in [2.75, 3.05) is 0 Å². The number of aromatic nitrogens is 3. The Kier molecular flexibility index (Phi) is 2.53. The van der Waals surface area contributed by atoms with Crippen LogP contribution in [0.2, 0.25) is 5.02 Å². The molecular formula is C14H13ClN4. The van der Waals surface area contributed by atoms with Gasteiger partial charge in [-0.25, -0.2) is 9.97 Å². The Morgan fingerprint density at radius 1 is 1.16 bits per heavy atom. The van der Waals surface area contributed by atoms with Gasteiger partial charge in [0.2, 0.25) is 0 Å². The molecule has 4 nitrogen and oxygen atoms in total. The SMILES string of the molecule is Clc1ccc(-c2nc3c(c(C4CC4)n2)CNC3)nc1. The Morgan fingerprint density at radius 3 is 2.79 bits per heavy atom. The quantitative estimate of drug-likeness (QED) is 0.913. The molecule has 5 heteroatoms. The van der Waals surface area contributed by atoms with Gasteiger partial charge in [-0.3, -0.25) is 4.98 Å². The first-order chi connectivity index (χ1) is 9.31. The Morgan fingerprint density at radius 2 is 2.05 bits per heavy atom. The second kappa shape index (κ2) is 4.25. The van der Waals surface area contributed by atoms with Gasteiger partial charge in [-0.2, -0.15) is 0 Å². The molecule has 0 bridgehead atoms. The van der Waals surface area contributed by atoms with E-state index in [1.807, 2.05) is 12.1 Å². The zero-order chi connectivity index (χ0) is 12.8. The van der Waals surface area contributed by atoms with Crippen molar-refractivity contribution >= 4 is 11.6 Å². The second-order valence-corrected chi connectivity index (χ2v) is 5.53. The maximum Gasteiger partial charge on any atom is 0.178 e. The average Bonchev–Trinajstić information content (AvgIpc) is 3.16. The van der Waals surface area contributed by atoms with Crippen LogP contribution in [0.4, 0.5) is 0 Å². The summed E-state index contributed by atoms with van der Waals surface area (Å²) in [6.45, 7) is 1.73. The number of rotatable bonds is 2. The predicted molar refractivity (Wildman–Crippen MR) is 72.8 cm³/mol. The highest BCUT2D eigenvalue weighted by Crippen LogP contribution is 2.42. The van der Waals surface area contributed by atoms with Crippen LogP contribution >= 0.6 is 11.6 Å². The van der Waals surface area contributed by atoms with E-state index in [0.717, 1.165) is 30.3 Å². The van der Waals surface area contributed by atoms with Crippen LogP contribution in [-0.4, -0.2) is 15.0 Å². The van der Waals surface area contributed by atoms with Gasteiger partial charge in [-0.1, -0.05) is 11.6 Å². The van der Waals surface area contributed by atoms with Crippen LogP contribution in [0, 0.1) is 0 Å². The lowest BCUT2D eigenvalue weighted by Gasteiger charge is -2.08. The third-order valence-corrected chi connectivity index (χ3v) is 3.86. The van der Waals surface area contributed by atoms with Crippen LogP contribution in [0.5, 0.6) is 0 Å². The molecule has 0 radical (unpaired) electrons. The van der Waals surface area contributed by atoms with Gasteiger partial charge in [-0.15, -0.1) is 0 Å². The summed E-state index contributed by atoms with van der Waals surface area (Å²) >= 11 is 5.87. The number of hydrogen-bond donors (Lipinski definition) is 1. The van der Waals surface area contributed by atoms with E-state index in [-0.39, 0.29) is 0 Å². The maximum atomic E-state index is 5.87. The molecule has 0 aromatic carbocycles. The minimum absolute atomic E-state index is 0.628. The number of pyridine rings is 1. The highest BCUT2D eigenvalue weighted by Gasteiger charge is 2.31. The molecule has 1 aliphatic heterocycles. The Hall–Kier alpha value is -1.52. The first-order valence-electron chi connectivity index (χ1n) is 6.53. The summed E-state index contributed by atoms with van der Waals surface area (Å²) in [6, 6.07) is 3.71. The molecule has 96 valence electrons. The zero-order valence-corrected chi connectivity index (χ0v) is 11.1. The van der Waals surface area contributed by atoms with Crippen LogP contribution in [-0.2, 0) is 13.1 Å². The lowest BCUT2D eigenvalue weighted by molar-refractivity contribution is 0.755. The summed E-state index contributed by atoms with van der Waals surface area (Å²) in [5.74, 6) is 1.35. The van der Waals surface area contributed by atoms with E-state index in [0.29, 0.717) is 10.9 Å². The third-order valence-electron chi connectivity index (χ3n) is 3.64. The van der Waals surface area contributed by atoms with Crippen molar-refractivity contribution in [3.63, 3.8) is 0 Å². The van der Waals surface area contributed by atoms with E-state index in [1.54, 1.807) is 6.20 Å². The second-order valence-electron chi connectivity index (χ2n) is 5.10. The number of fused-ring (bicyclic) bond motifs is 1. The Labute approximate surface area is 116 Å². The molecule has 3 heterocycles. The smallest absolute Gasteiger partial charge is 0.178 e.